The summed E-state index contributed by atoms with van der Waals surface area (Å²) in [5, 5.41) is 22.5. The molecular formula is C15H13ClN2O3. The van der Waals surface area contributed by atoms with Crippen LogP contribution in [-0.4, -0.2) is 26.6 Å². The van der Waals surface area contributed by atoms with Crippen molar-refractivity contribution in [3.63, 3.8) is 0 Å². The van der Waals surface area contributed by atoms with E-state index in [2.05, 4.69) is 0 Å². The van der Waals surface area contributed by atoms with E-state index in [0.29, 0.717) is 6.54 Å². The molecule has 0 saturated carbocycles. The summed E-state index contributed by atoms with van der Waals surface area (Å²) in [6, 6.07) is 12.4. The fourth-order valence-electron chi connectivity index (χ4n) is 2.61. The summed E-state index contributed by atoms with van der Waals surface area (Å²) < 4.78 is 1.95. The minimum atomic E-state index is -0.666. The molecule has 1 unspecified atom stereocenters. The molecule has 1 atom stereocenters. The maximum atomic E-state index is 11.0. The average molecular weight is 305 g/mol. The second kappa shape index (κ2) is 5.35. The predicted molar refractivity (Wildman–Crippen MR) is 82.8 cm³/mol. The van der Waals surface area contributed by atoms with Gasteiger partial charge in [-0.3, -0.25) is 10.1 Å². The molecule has 0 fully saturated rings. The summed E-state index contributed by atoms with van der Waals surface area (Å²) in [7, 11) is 0. The van der Waals surface area contributed by atoms with Crippen LogP contribution in [0.15, 0.2) is 42.5 Å². The molecule has 108 valence electrons. The van der Waals surface area contributed by atoms with Gasteiger partial charge in [-0.2, -0.15) is 0 Å². The summed E-state index contributed by atoms with van der Waals surface area (Å²) in [5.41, 5.74) is 1.84. The molecule has 0 aliphatic carbocycles. The number of hydrogen-bond donors (Lipinski definition) is 1. The predicted octanol–water partition coefficient (Wildman–Crippen LogP) is 3.30. The Morgan fingerprint density at radius 1 is 1.19 bits per heavy atom. The third-order valence-electron chi connectivity index (χ3n) is 3.54. The first-order chi connectivity index (χ1) is 10.1. The number of aromatic nitrogens is 1. The van der Waals surface area contributed by atoms with E-state index >= 15 is 0 Å². The van der Waals surface area contributed by atoms with Crippen LogP contribution < -0.4 is 0 Å². The molecular weight excluding hydrogens is 292 g/mol. The van der Waals surface area contributed by atoms with Crippen LogP contribution in [0.5, 0.6) is 0 Å². The lowest BCUT2D eigenvalue weighted by molar-refractivity contribution is -0.384. The molecule has 1 N–H and O–H groups in total. The van der Waals surface area contributed by atoms with Crippen LogP contribution >= 0.6 is 11.6 Å². The van der Waals surface area contributed by atoms with Crippen molar-refractivity contribution in [1.82, 2.24) is 4.57 Å². The van der Waals surface area contributed by atoms with E-state index in [1.165, 1.54) is 6.07 Å². The van der Waals surface area contributed by atoms with Gasteiger partial charge < -0.3 is 9.67 Å². The van der Waals surface area contributed by atoms with Crippen LogP contribution in [0, 0.1) is 10.1 Å². The zero-order valence-electron chi connectivity index (χ0n) is 11.1. The van der Waals surface area contributed by atoms with Crippen molar-refractivity contribution in [3.05, 3.63) is 52.6 Å². The highest BCUT2D eigenvalue weighted by atomic mass is 35.5. The summed E-state index contributed by atoms with van der Waals surface area (Å²) >= 11 is 5.69. The average Bonchev–Trinajstić information content (AvgIpc) is 2.81. The van der Waals surface area contributed by atoms with E-state index in [9.17, 15) is 15.2 Å². The summed E-state index contributed by atoms with van der Waals surface area (Å²) in [5.74, 6) is 0.140. The van der Waals surface area contributed by atoms with Crippen molar-refractivity contribution in [3.8, 4) is 0 Å². The van der Waals surface area contributed by atoms with E-state index in [1.54, 1.807) is 12.1 Å². The lowest BCUT2D eigenvalue weighted by atomic mass is 10.1. The fraction of sp³-hybridized carbons (Fsp3) is 0.200. The third kappa shape index (κ3) is 2.34. The van der Waals surface area contributed by atoms with Gasteiger partial charge in [0.2, 0.25) is 0 Å². The lowest BCUT2D eigenvalue weighted by Crippen LogP contribution is -2.17. The molecule has 0 bridgehead atoms. The standard InChI is InChI=1S/C15H13ClN2O3/c16-8-11(19)9-17-14-4-2-1-3-12(14)13-7-10(18(20)21)5-6-15(13)17/h1-7,11,19H,8-9H2. The lowest BCUT2D eigenvalue weighted by Gasteiger charge is -2.11. The van der Waals surface area contributed by atoms with Crippen LogP contribution in [0.3, 0.4) is 0 Å². The minimum absolute atomic E-state index is 0.0586. The number of non-ortho nitro benzene ring substituents is 1. The molecule has 21 heavy (non-hydrogen) atoms. The number of rotatable bonds is 4. The Labute approximate surface area is 125 Å². The Hall–Kier alpha value is -2.11. The summed E-state index contributed by atoms with van der Waals surface area (Å²) in [4.78, 5) is 10.5. The molecule has 0 spiro atoms. The summed E-state index contributed by atoms with van der Waals surface area (Å²) in [6.45, 7) is 0.353. The molecule has 0 aliphatic heterocycles. The largest absolute Gasteiger partial charge is 0.390 e. The number of benzene rings is 2. The van der Waals surface area contributed by atoms with Gasteiger partial charge >= 0.3 is 0 Å². The van der Waals surface area contributed by atoms with Crippen molar-refractivity contribution in [2.75, 3.05) is 5.88 Å². The van der Waals surface area contributed by atoms with Gasteiger partial charge in [0.25, 0.3) is 5.69 Å². The third-order valence-corrected chi connectivity index (χ3v) is 3.89. The van der Waals surface area contributed by atoms with E-state index in [0.717, 1.165) is 21.8 Å². The van der Waals surface area contributed by atoms with Crippen LogP contribution in [0.2, 0.25) is 0 Å². The van der Waals surface area contributed by atoms with Crippen molar-refractivity contribution >= 4 is 39.1 Å². The van der Waals surface area contributed by atoms with Crippen LogP contribution in [0.25, 0.3) is 21.8 Å². The molecule has 0 aliphatic rings. The zero-order valence-corrected chi connectivity index (χ0v) is 11.8. The number of para-hydroxylation sites is 1. The molecule has 2 aromatic carbocycles. The van der Waals surface area contributed by atoms with Gasteiger partial charge in [0.15, 0.2) is 0 Å². The maximum absolute atomic E-state index is 11.0. The molecule has 5 nitrogen and oxygen atoms in total. The number of nitrogens with zero attached hydrogens (tertiary/aromatic N) is 2. The first-order valence-electron chi connectivity index (χ1n) is 6.51. The van der Waals surface area contributed by atoms with Crippen LogP contribution in [-0.2, 0) is 6.54 Å². The highest BCUT2D eigenvalue weighted by Crippen LogP contribution is 2.31. The Morgan fingerprint density at radius 3 is 2.62 bits per heavy atom. The smallest absolute Gasteiger partial charge is 0.270 e. The first-order valence-corrected chi connectivity index (χ1v) is 7.04. The number of nitro groups is 1. The van der Waals surface area contributed by atoms with Gasteiger partial charge in [0.1, 0.15) is 0 Å². The number of hydrogen-bond acceptors (Lipinski definition) is 3. The molecule has 1 aromatic heterocycles. The van der Waals surface area contributed by atoms with Crippen molar-refractivity contribution < 1.29 is 10.0 Å². The van der Waals surface area contributed by atoms with Gasteiger partial charge in [0, 0.05) is 33.9 Å². The number of alkyl halides is 1. The fourth-order valence-corrected chi connectivity index (χ4v) is 2.71. The van der Waals surface area contributed by atoms with E-state index in [4.69, 9.17) is 11.6 Å². The van der Waals surface area contributed by atoms with Gasteiger partial charge in [0.05, 0.1) is 23.5 Å². The number of nitro benzene ring substituents is 1. The highest BCUT2D eigenvalue weighted by molar-refractivity contribution is 6.18. The molecule has 0 saturated heterocycles. The Kier molecular flexibility index (Phi) is 3.53. The summed E-state index contributed by atoms with van der Waals surface area (Å²) in [6.07, 6.45) is -0.666. The maximum Gasteiger partial charge on any atom is 0.270 e. The number of aliphatic hydroxyl groups is 1. The quantitative estimate of drug-likeness (QED) is 0.457. The Morgan fingerprint density at radius 2 is 1.90 bits per heavy atom. The van der Waals surface area contributed by atoms with Crippen LogP contribution in [0.1, 0.15) is 0 Å². The second-order valence-electron chi connectivity index (χ2n) is 4.89. The van der Waals surface area contributed by atoms with Gasteiger partial charge in [-0.1, -0.05) is 18.2 Å². The van der Waals surface area contributed by atoms with Crippen LogP contribution in [0.4, 0.5) is 5.69 Å². The SMILES string of the molecule is O=[N+]([O-])c1ccc2c(c1)c1ccccc1n2CC(O)CCl. The van der Waals surface area contributed by atoms with E-state index in [-0.39, 0.29) is 11.6 Å². The van der Waals surface area contributed by atoms with Gasteiger partial charge in [-0.25, -0.2) is 0 Å². The van der Waals surface area contributed by atoms with Crippen molar-refractivity contribution in [2.24, 2.45) is 0 Å². The number of halogens is 1. The molecule has 0 radical (unpaired) electrons. The molecule has 6 heteroatoms. The second-order valence-corrected chi connectivity index (χ2v) is 5.20. The first kappa shape index (κ1) is 13.9. The van der Waals surface area contributed by atoms with E-state index < -0.39 is 11.0 Å². The topological polar surface area (TPSA) is 68.3 Å². The molecule has 3 rings (SSSR count). The Balaban J connectivity index is 2.31. The molecule has 3 aromatic rings. The normalized spacial score (nSPS) is 12.9. The Bertz CT molecular complexity index is 828. The molecule has 1 heterocycles. The molecule has 0 amide bonds. The van der Waals surface area contributed by atoms with E-state index in [1.807, 2.05) is 28.8 Å². The zero-order chi connectivity index (χ0) is 15.0. The van der Waals surface area contributed by atoms with Crippen molar-refractivity contribution in [1.29, 1.82) is 0 Å². The van der Waals surface area contributed by atoms with Crippen molar-refractivity contribution in [2.45, 2.75) is 12.6 Å². The minimum Gasteiger partial charge on any atom is -0.390 e. The number of aliphatic hydroxyl groups excluding tert-OH is 1. The monoisotopic (exact) mass is 304 g/mol. The number of fused-ring (bicyclic) bond motifs is 3. The van der Waals surface area contributed by atoms with Gasteiger partial charge in [-0.15, -0.1) is 11.6 Å². The van der Waals surface area contributed by atoms with Gasteiger partial charge in [-0.05, 0) is 12.1 Å². The highest BCUT2D eigenvalue weighted by Gasteiger charge is 2.16.